The normalized spacial score (nSPS) is 16.4. The summed E-state index contributed by atoms with van der Waals surface area (Å²) in [6, 6.07) is 0.599. The maximum Gasteiger partial charge on any atom is 0.139 e. The summed E-state index contributed by atoms with van der Waals surface area (Å²) in [5, 5.41) is 4.91. The van der Waals surface area contributed by atoms with Gasteiger partial charge in [-0.05, 0) is 32.3 Å². The van der Waals surface area contributed by atoms with Gasteiger partial charge in [-0.25, -0.2) is 9.97 Å². The minimum atomic E-state index is 0.599. The first-order valence-electron chi connectivity index (χ1n) is 7.22. The summed E-state index contributed by atoms with van der Waals surface area (Å²) in [6.45, 7) is 6.48. The fourth-order valence-electron chi connectivity index (χ4n) is 2.82. The molecule has 0 unspecified atom stereocenters. The Morgan fingerprint density at radius 2 is 1.95 bits per heavy atom. The first kappa shape index (κ1) is 12.9. The van der Waals surface area contributed by atoms with Crippen molar-refractivity contribution in [1.29, 1.82) is 0 Å². The van der Waals surface area contributed by atoms with Crippen LogP contribution >= 0.6 is 11.3 Å². The molecule has 0 aromatic carbocycles. The minimum absolute atomic E-state index is 0.599. The molecular weight excluding hydrogens is 254 g/mol. The average molecular weight is 275 g/mol. The smallest absolute Gasteiger partial charge is 0.139 e. The van der Waals surface area contributed by atoms with Gasteiger partial charge in [0.15, 0.2) is 0 Å². The van der Waals surface area contributed by atoms with Crippen LogP contribution in [0.15, 0.2) is 0 Å². The standard InChI is InChI=1S/C15H21N3S/c1-4-12-17-14(16-11-7-5-6-8-11)13-9(2)10(3)19-15(13)18-12/h11H,4-8H2,1-3H3,(H,16,17,18). The molecule has 0 bridgehead atoms. The van der Waals surface area contributed by atoms with Gasteiger partial charge in [0.2, 0.25) is 0 Å². The van der Waals surface area contributed by atoms with Crippen LogP contribution in [0.1, 0.15) is 48.9 Å². The summed E-state index contributed by atoms with van der Waals surface area (Å²) in [4.78, 5) is 11.9. The molecule has 2 aromatic heterocycles. The van der Waals surface area contributed by atoms with Crippen molar-refractivity contribution in [1.82, 2.24) is 9.97 Å². The van der Waals surface area contributed by atoms with E-state index in [1.165, 1.54) is 41.5 Å². The van der Waals surface area contributed by atoms with Crippen molar-refractivity contribution >= 4 is 27.4 Å². The number of rotatable bonds is 3. The van der Waals surface area contributed by atoms with E-state index in [9.17, 15) is 0 Å². The largest absolute Gasteiger partial charge is 0.367 e. The molecule has 3 rings (SSSR count). The van der Waals surface area contributed by atoms with Gasteiger partial charge in [0.05, 0.1) is 5.39 Å². The number of hydrogen-bond acceptors (Lipinski definition) is 4. The molecule has 1 saturated carbocycles. The quantitative estimate of drug-likeness (QED) is 0.911. The highest BCUT2D eigenvalue weighted by Gasteiger charge is 2.19. The van der Waals surface area contributed by atoms with Gasteiger partial charge in [-0.1, -0.05) is 19.8 Å². The summed E-state index contributed by atoms with van der Waals surface area (Å²) in [5.74, 6) is 2.02. The molecule has 1 aliphatic rings. The zero-order valence-electron chi connectivity index (χ0n) is 11.9. The number of nitrogens with one attached hydrogen (secondary N) is 1. The third-order valence-corrected chi connectivity index (χ3v) is 5.19. The van der Waals surface area contributed by atoms with Crippen LogP contribution in [0.5, 0.6) is 0 Å². The zero-order valence-corrected chi connectivity index (χ0v) is 12.7. The molecule has 2 heterocycles. The van der Waals surface area contributed by atoms with E-state index >= 15 is 0 Å². The zero-order chi connectivity index (χ0) is 13.4. The van der Waals surface area contributed by atoms with Crippen molar-refractivity contribution in [3.05, 3.63) is 16.3 Å². The van der Waals surface area contributed by atoms with Gasteiger partial charge in [0.25, 0.3) is 0 Å². The second-order valence-electron chi connectivity index (χ2n) is 5.43. The van der Waals surface area contributed by atoms with E-state index in [4.69, 9.17) is 4.98 Å². The topological polar surface area (TPSA) is 37.8 Å². The van der Waals surface area contributed by atoms with Crippen molar-refractivity contribution in [2.45, 2.75) is 58.9 Å². The third kappa shape index (κ3) is 2.34. The van der Waals surface area contributed by atoms with E-state index in [1.807, 2.05) is 0 Å². The molecular formula is C15H21N3S. The molecule has 2 aromatic rings. The van der Waals surface area contributed by atoms with Crippen molar-refractivity contribution in [3.63, 3.8) is 0 Å². The van der Waals surface area contributed by atoms with Crippen molar-refractivity contribution in [2.75, 3.05) is 5.32 Å². The summed E-state index contributed by atoms with van der Waals surface area (Å²) < 4.78 is 0. The lowest BCUT2D eigenvalue weighted by atomic mass is 10.2. The molecule has 0 saturated heterocycles. The van der Waals surface area contributed by atoms with Gasteiger partial charge in [-0.15, -0.1) is 11.3 Å². The summed E-state index contributed by atoms with van der Waals surface area (Å²) in [7, 11) is 0. The molecule has 4 heteroatoms. The van der Waals surface area contributed by atoms with E-state index in [0.29, 0.717) is 6.04 Å². The number of nitrogens with zero attached hydrogens (tertiary/aromatic N) is 2. The Morgan fingerprint density at radius 1 is 1.21 bits per heavy atom. The Morgan fingerprint density at radius 3 is 2.63 bits per heavy atom. The second kappa shape index (κ2) is 5.08. The average Bonchev–Trinajstić information content (AvgIpc) is 2.99. The van der Waals surface area contributed by atoms with Gasteiger partial charge in [-0.2, -0.15) is 0 Å². The highest BCUT2D eigenvalue weighted by molar-refractivity contribution is 7.18. The van der Waals surface area contributed by atoms with E-state index in [2.05, 4.69) is 31.1 Å². The maximum absolute atomic E-state index is 4.74. The number of aromatic nitrogens is 2. The van der Waals surface area contributed by atoms with Crippen molar-refractivity contribution in [2.24, 2.45) is 0 Å². The van der Waals surface area contributed by atoms with Crippen LogP contribution in [0.25, 0.3) is 10.2 Å². The minimum Gasteiger partial charge on any atom is -0.367 e. The molecule has 0 spiro atoms. The van der Waals surface area contributed by atoms with E-state index in [1.54, 1.807) is 11.3 Å². The van der Waals surface area contributed by atoms with Crippen LogP contribution in [-0.2, 0) is 6.42 Å². The fraction of sp³-hybridized carbons (Fsp3) is 0.600. The molecule has 3 nitrogen and oxygen atoms in total. The first-order valence-corrected chi connectivity index (χ1v) is 8.04. The Labute approximate surface area is 118 Å². The highest BCUT2D eigenvalue weighted by Crippen LogP contribution is 2.34. The Bertz CT molecular complexity index is 597. The molecule has 0 amide bonds. The number of hydrogen-bond donors (Lipinski definition) is 1. The molecule has 1 aliphatic carbocycles. The highest BCUT2D eigenvalue weighted by atomic mass is 32.1. The maximum atomic E-state index is 4.74. The Balaban J connectivity index is 2.08. The summed E-state index contributed by atoms with van der Waals surface area (Å²) >= 11 is 1.79. The Kier molecular flexibility index (Phi) is 3.44. The van der Waals surface area contributed by atoms with E-state index in [-0.39, 0.29) is 0 Å². The van der Waals surface area contributed by atoms with Crippen molar-refractivity contribution in [3.8, 4) is 0 Å². The SMILES string of the molecule is CCc1nc(NC2CCCC2)c2c(C)c(C)sc2n1. The first-order chi connectivity index (χ1) is 9.19. The fourth-order valence-corrected chi connectivity index (χ4v) is 3.87. The summed E-state index contributed by atoms with van der Waals surface area (Å²) in [5.41, 5.74) is 1.34. The van der Waals surface area contributed by atoms with Crippen molar-refractivity contribution < 1.29 is 0 Å². The second-order valence-corrected chi connectivity index (χ2v) is 6.63. The lowest BCUT2D eigenvalue weighted by Crippen LogP contribution is -2.16. The van der Waals surface area contributed by atoms with E-state index < -0.39 is 0 Å². The van der Waals surface area contributed by atoms with Gasteiger partial charge in [-0.3, -0.25) is 0 Å². The molecule has 1 fully saturated rings. The lowest BCUT2D eigenvalue weighted by molar-refractivity contribution is 0.749. The number of thiophene rings is 1. The molecule has 0 aliphatic heterocycles. The molecule has 1 N–H and O–H groups in total. The lowest BCUT2D eigenvalue weighted by Gasteiger charge is -2.14. The van der Waals surface area contributed by atoms with Crippen LogP contribution in [0.3, 0.4) is 0 Å². The Hall–Kier alpha value is -1.16. The predicted molar refractivity (Wildman–Crippen MR) is 82.1 cm³/mol. The van der Waals surface area contributed by atoms with Crippen LogP contribution in [0, 0.1) is 13.8 Å². The van der Waals surface area contributed by atoms with Gasteiger partial charge in [0.1, 0.15) is 16.5 Å². The van der Waals surface area contributed by atoms with Gasteiger partial charge >= 0.3 is 0 Å². The molecule has 19 heavy (non-hydrogen) atoms. The van der Waals surface area contributed by atoms with Gasteiger partial charge < -0.3 is 5.32 Å². The summed E-state index contributed by atoms with van der Waals surface area (Å²) in [6.07, 6.45) is 6.12. The van der Waals surface area contributed by atoms with Crippen LogP contribution in [0.4, 0.5) is 5.82 Å². The van der Waals surface area contributed by atoms with Crippen LogP contribution in [-0.4, -0.2) is 16.0 Å². The molecule has 0 atom stereocenters. The number of aryl methyl sites for hydroxylation is 3. The molecule has 102 valence electrons. The van der Waals surface area contributed by atoms with Gasteiger partial charge in [0, 0.05) is 17.3 Å². The number of anilines is 1. The molecule has 0 radical (unpaired) electrons. The van der Waals surface area contributed by atoms with Crippen LogP contribution in [0.2, 0.25) is 0 Å². The third-order valence-electron chi connectivity index (χ3n) is 4.09. The predicted octanol–water partition coefficient (Wildman–Crippen LogP) is 4.23. The van der Waals surface area contributed by atoms with Crippen LogP contribution < -0.4 is 5.32 Å². The monoisotopic (exact) mass is 275 g/mol. The number of fused-ring (bicyclic) bond motifs is 1. The van der Waals surface area contributed by atoms with E-state index in [0.717, 1.165) is 22.9 Å².